The van der Waals surface area contributed by atoms with Gasteiger partial charge in [0.05, 0.1) is 0 Å². The van der Waals surface area contributed by atoms with Crippen LogP contribution in [0, 0.1) is 0 Å². The fourth-order valence-corrected chi connectivity index (χ4v) is 1.37. The van der Waals surface area contributed by atoms with Gasteiger partial charge in [-0.05, 0) is 12.8 Å². The molecule has 0 aliphatic carbocycles. The standard InChI is InChI=1S/C12H21NO3/c1-3-5-6-7-9-11(14)13-10(8-4-2)12(15)16/h4,10H,2-3,5-9H2,1H3,(H,13,14)(H,15,16). The molecule has 0 radical (unpaired) electrons. The van der Waals surface area contributed by atoms with Crippen molar-refractivity contribution in [3.8, 4) is 0 Å². The molecule has 0 spiro atoms. The monoisotopic (exact) mass is 227 g/mol. The SMILES string of the molecule is C=CCC(NC(=O)CCCCCC)C(=O)O. The Labute approximate surface area is 96.7 Å². The minimum Gasteiger partial charge on any atom is -0.480 e. The van der Waals surface area contributed by atoms with Crippen molar-refractivity contribution in [2.75, 3.05) is 0 Å². The predicted molar refractivity (Wildman–Crippen MR) is 63.1 cm³/mol. The third-order valence-electron chi connectivity index (χ3n) is 2.29. The van der Waals surface area contributed by atoms with E-state index in [4.69, 9.17) is 5.11 Å². The van der Waals surface area contributed by atoms with Crippen LogP contribution < -0.4 is 5.32 Å². The van der Waals surface area contributed by atoms with Crippen molar-refractivity contribution in [1.82, 2.24) is 5.32 Å². The Hall–Kier alpha value is -1.32. The summed E-state index contributed by atoms with van der Waals surface area (Å²) in [7, 11) is 0. The molecule has 4 nitrogen and oxygen atoms in total. The first-order chi connectivity index (χ1) is 7.61. The number of carboxylic acid groups (broad SMARTS) is 1. The number of unbranched alkanes of at least 4 members (excludes halogenated alkanes) is 3. The summed E-state index contributed by atoms with van der Waals surface area (Å²) in [5.74, 6) is -1.20. The summed E-state index contributed by atoms with van der Waals surface area (Å²) in [6.45, 7) is 5.56. The second-order valence-corrected chi connectivity index (χ2v) is 3.79. The molecule has 0 rings (SSSR count). The second-order valence-electron chi connectivity index (χ2n) is 3.79. The number of carboxylic acids is 1. The Morgan fingerprint density at radius 1 is 1.38 bits per heavy atom. The van der Waals surface area contributed by atoms with E-state index in [9.17, 15) is 9.59 Å². The Bertz CT molecular complexity index is 238. The van der Waals surface area contributed by atoms with Crippen LogP contribution >= 0.6 is 0 Å². The highest BCUT2D eigenvalue weighted by molar-refractivity contribution is 5.83. The van der Waals surface area contributed by atoms with Crippen LogP contribution in [0.15, 0.2) is 12.7 Å². The van der Waals surface area contributed by atoms with Crippen molar-refractivity contribution in [3.63, 3.8) is 0 Å². The van der Waals surface area contributed by atoms with Crippen molar-refractivity contribution in [3.05, 3.63) is 12.7 Å². The Balaban J connectivity index is 3.81. The lowest BCUT2D eigenvalue weighted by Crippen LogP contribution is -2.40. The number of carbonyl (C=O) groups excluding carboxylic acids is 1. The highest BCUT2D eigenvalue weighted by Gasteiger charge is 2.17. The highest BCUT2D eigenvalue weighted by atomic mass is 16.4. The molecule has 0 saturated carbocycles. The molecular weight excluding hydrogens is 206 g/mol. The molecule has 1 amide bonds. The van der Waals surface area contributed by atoms with Gasteiger partial charge in [0.2, 0.25) is 5.91 Å². The van der Waals surface area contributed by atoms with Crippen molar-refractivity contribution >= 4 is 11.9 Å². The summed E-state index contributed by atoms with van der Waals surface area (Å²) in [5, 5.41) is 11.3. The molecule has 0 fully saturated rings. The van der Waals surface area contributed by atoms with Crippen molar-refractivity contribution in [2.45, 2.75) is 51.5 Å². The van der Waals surface area contributed by atoms with Crippen LogP contribution in [0.2, 0.25) is 0 Å². The molecule has 16 heavy (non-hydrogen) atoms. The lowest BCUT2D eigenvalue weighted by atomic mass is 10.1. The van der Waals surface area contributed by atoms with Crippen LogP contribution in [0.25, 0.3) is 0 Å². The minimum atomic E-state index is -1.01. The van der Waals surface area contributed by atoms with Gasteiger partial charge in [-0.25, -0.2) is 4.79 Å². The average Bonchev–Trinajstić information content (AvgIpc) is 2.23. The Morgan fingerprint density at radius 3 is 2.56 bits per heavy atom. The molecule has 1 unspecified atom stereocenters. The molecule has 0 aliphatic heterocycles. The number of rotatable bonds is 9. The lowest BCUT2D eigenvalue weighted by molar-refractivity contribution is -0.141. The van der Waals surface area contributed by atoms with Crippen LogP contribution in [0.1, 0.15) is 45.4 Å². The highest BCUT2D eigenvalue weighted by Crippen LogP contribution is 2.03. The molecule has 1 atom stereocenters. The summed E-state index contributed by atoms with van der Waals surface area (Å²) in [6, 6.07) is -0.837. The molecule has 0 saturated heterocycles. The normalized spacial score (nSPS) is 11.8. The molecule has 0 heterocycles. The minimum absolute atomic E-state index is 0.189. The number of aliphatic carboxylic acids is 1. The molecule has 0 aromatic rings. The van der Waals surface area contributed by atoms with Gasteiger partial charge in [-0.2, -0.15) is 0 Å². The van der Waals surface area contributed by atoms with Gasteiger partial charge in [-0.3, -0.25) is 4.79 Å². The van der Waals surface area contributed by atoms with E-state index in [1.807, 2.05) is 0 Å². The van der Waals surface area contributed by atoms with E-state index in [1.54, 1.807) is 0 Å². The van der Waals surface area contributed by atoms with Crippen LogP contribution in [0.3, 0.4) is 0 Å². The summed E-state index contributed by atoms with van der Waals surface area (Å²) < 4.78 is 0. The van der Waals surface area contributed by atoms with Crippen LogP contribution in [0.4, 0.5) is 0 Å². The van der Waals surface area contributed by atoms with E-state index in [0.29, 0.717) is 6.42 Å². The van der Waals surface area contributed by atoms with Crippen molar-refractivity contribution in [2.24, 2.45) is 0 Å². The van der Waals surface area contributed by atoms with Gasteiger partial charge in [0.1, 0.15) is 6.04 Å². The van der Waals surface area contributed by atoms with E-state index in [0.717, 1.165) is 25.7 Å². The van der Waals surface area contributed by atoms with E-state index < -0.39 is 12.0 Å². The number of amides is 1. The van der Waals surface area contributed by atoms with Gasteiger partial charge >= 0.3 is 5.97 Å². The topological polar surface area (TPSA) is 66.4 Å². The average molecular weight is 227 g/mol. The van der Waals surface area contributed by atoms with Gasteiger partial charge in [0.15, 0.2) is 0 Å². The van der Waals surface area contributed by atoms with Crippen molar-refractivity contribution < 1.29 is 14.7 Å². The van der Waals surface area contributed by atoms with Gasteiger partial charge in [-0.1, -0.05) is 32.3 Å². The van der Waals surface area contributed by atoms with Crippen LogP contribution in [-0.2, 0) is 9.59 Å². The molecule has 0 bridgehead atoms. The number of carbonyl (C=O) groups is 2. The van der Waals surface area contributed by atoms with Crippen molar-refractivity contribution in [1.29, 1.82) is 0 Å². The number of hydrogen-bond acceptors (Lipinski definition) is 2. The summed E-state index contributed by atoms with van der Waals surface area (Å²) >= 11 is 0. The summed E-state index contributed by atoms with van der Waals surface area (Å²) in [5.41, 5.74) is 0. The lowest BCUT2D eigenvalue weighted by Gasteiger charge is -2.12. The van der Waals surface area contributed by atoms with Crippen LogP contribution in [-0.4, -0.2) is 23.0 Å². The quantitative estimate of drug-likeness (QED) is 0.468. The first kappa shape index (κ1) is 14.7. The largest absolute Gasteiger partial charge is 0.480 e. The molecule has 0 aliphatic rings. The summed E-state index contributed by atoms with van der Waals surface area (Å²) in [4.78, 5) is 22.1. The van der Waals surface area contributed by atoms with Crippen LogP contribution in [0.5, 0.6) is 0 Å². The molecule has 0 aromatic heterocycles. The fourth-order valence-electron chi connectivity index (χ4n) is 1.37. The number of hydrogen-bond donors (Lipinski definition) is 2. The molecule has 0 aromatic carbocycles. The second kappa shape index (κ2) is 8.95. The van der Waals surface area contributed by atoms with E-state index >= 15 is 0 Å². The van der Waals surface area contributed by atoms with Gasteiger partial charge in [0.25, 0.3) is 0 Å². The molecular formula is C12H21NO3. The smallest absolute Gasteiger partial charge is 0.326 e. The Kier molecular flexibility index (Phi) is 8.21. The predicted octanol–water partition coefficient (Wildman–Crippen LogP) is 2.10. The zero-order chi connectivity index (χ0) is 12.4. The first-order valence-corrected chi connectivity index (χ1v) is 5.74. The van der Waals surface area contributed by atoms with E-state index in [-0.39, 0.29) is 12.3 Å². The first-order valence-electron chi connectivity index (χ1n) is 5.74. The molecule has 92 valence electrons. The van der Waals surface area contributed by atoms with Gasteiger partial charge in [0, 0.05) is 6.42 Å². The van der Waals surface area contributed by atoms with E-state index in [2.05, 4.69) is 18.8 Å². The van der Waals surface area contributed by atoms with E-state index in [1.165, 1.54) is 6.08 Å². The fraction of sp³-hybridized carbons (Fsp3) is 0.667. The summed E-state index contributed by atoms with van der Waals surface area (Å²) in [6.07, 6.45) is 6.23. The third-order valence-corrected chi connectivity index (χ3v) is 2.29. The number of nitrogens with one attached hydrogen (secondary N) is 1. The van der Waals surface area contributed by atoms with Gasteiger partial charge < -0.3 is 10.4 Å². The zero-order valence-electron chi connectivity index (χ0n) is 9.87. The maximum Gasteiger partial charge on any atom is 0.326 e. The maximum absolute atomic E-state index is 11.4. The molecule has 2 N–H and O–H groups in total. The zero-order valence-corrected chi connectivity index (χ0v) is 9.87. The Morgan fingerprint density at radius 2 is 2.06 bits per heavy atom. The maximum atomic E-state index is 11.4. The van der Waals surface area contributed by atoms with Gasteiger partial charge in [-0.15, -0.1) is 6.58 Å². The molecule has 4 heteroatoms. The third kappa shape index (κ3) is 7.04.